The molecule has 0 N–H and O–H groups in total. The number of rotatable bonds is 8. The third kappa shape index (κ3) is 5.75. The van der Waals surface area contributed by atoms with Gasteiger partial charge in [0.1, 0.15) is 17.5 Å². The van der Waals surface area contributed by atoms with E-state index in [9.17, 15) is 13.6 Å². The number of amides is 1. The normalized spacial score (nSPS) is 14.5. The van der Waals surface area contributed by atoms with Crippen LogP contribution in [0.3, 0.4) is 0 Å². The fraction of sp³-hybridized carbons (Fsp3) is 0.429. The lowest BCUT2D eigenvalue weighted by Gasteiger charge is -2.36. The van der Waals surface area contributed by atoms with Crippen molar-refractivity contribution in [3.63, 3.8) is 0 Å². The van der Waals surface area contributed by atoms with Crippen LogP contribution < -0.4 is 4.90 Å². The van der Waals surface area contributed by atoms with E-state index in [2.05, 4.69) is 16.7 Å². The Bertz CT molecular complexity index is 1180. The van der Waals surface area contributed by atoms with E-state index >= 15 is 0 Å². The Morgan fingerprint density at radius 1 is 1.03 bits per heavy atom. The predicted molar refractivity (Wildman–Crippen MR) is 138 cm³/mol. The minimum absolute atomic E-state index is 0.0312. The van der Waals surface area contributed by atoms with Gasteiger partial charge in [-0.15, -0.1) is 0 Å². The average molecular weight is 496 g/mol. The van der Waals surface area contributed by atoms with Gasteiger partial charge in [0.15, 0.2) is 0 Å². The topological polar surface area (TPSA) is 44.6 Å². The van der Waals surface area contributed by atoms with Crippen molar-refractivity contribution in [2.45, 2.75) is 46.7 Å². The van der Waals surface area contributed by atoms with Gasteiger partial charge in [0.25, 0.3) is 0 Å². The standard InChI is InChI=1S/C28H35F2N5O/c1-5-32-13-15-33(16-14-32)28-26(21(4)31-35(28)25-8-6-7-24(30)18-25)19-34(20(2)3)27(36)17-22-9-11-23(29)12-10-22/h6-12,18,20H,5,13-17,19H2,1-4H3. The van der Waals surface area contributed by atoms with Crippen LogP contribution >= 0.6 is 0 Å². The lowest BCUT2D eigenvalue weighted by atomic mass is 10.1. The van der Waals surface area contributed by atoms with Gasteiger partial charge in [-0.1, -0.05) is 25.1 Å². The van der Waals surface area contributed by atoms with E-state index in [1.807, 2.05) is 36.4 Å². The summed E-state index contributed by atoms with van der Waals surface area (Å²) < 4.78 is 29.3. The maximum atomic E-state index is 14.1. The van der Waals surface area contributed by atoms with Gasteiger partial charge in [-0.2, -0.15) is 5.10 Å². The van der Waals surface area contributed by atoms with Crippen molar-refractivity contribution < 1.29 is 13.6 Å². The Morgan fingerprint density at radius 2 is 1.72 bits per heavy atom. The number of halogens is 2. The van der Waals surface area contributed by atoms with Crippen LogP contribution in [-0.2, 0) is 17.8 Å². The molecule has 0 radical (unpaired) electrons. The monoisotopic (exact) mass is 495 g/mol. The van der Waals surface area contributed by atoms with Crippen LogP contribution in [0.2, 0.25) is 0 Å². The number of piperazine rings is 1. The molecule has 4 rings (SSSR count). The summed E-state index contributed by atoms with van der Waals surface area (Å²) in [5, 5.41) is 4.82. The molecule has 6 nitrogen and oxygen atoms in total. The lowest BCUT2D eigenvalue weighted by molar-refractivity contribution is -0.132. The first kappa shape index (κ1) is 25.8. The van der Waals surface area contributed by atoms with Crippen LogP contribution in [0.15, 0.2) is 48.5 Å². The fourth-order valence-electron chi connectivity index (χ4n) is 4.73. The molecule has 8 heteroatoms. The molecule has 0 bridgehead atoms. The molecule has 0 aliphatic carbocycles. The Kier molecular flexibility index (Phi) is 8.04. The first-order valence-corrected chi connectivity index (χ1v) is 12.6. The quantitative estimate of drug-likeness (QED) is 0.459. The van der Waals surface area contributed by atoms with E-state index in [-0.39, 0.29) is 30.0 Å². The van der Waals surface area contributed by atoms with Gasteiger partial charge in [-0.3, -0.25) is 4.79 Å². The number of hydrogen-bond donors (Lipinski definition) is 0. The van der Waals surface area contributed by atoms with E-state index in [4.69, 9.17) is 5.10 Å². The maximum Gasteiger partial charge on any atom is 0.227 e. The summed E-state index contributed by atoms with van der Waals surface area (Å²) in [6.45, 7) is 13.0. The van der Waals surface area contributed by atoms with E-state index in [1.54, 1.807) is 18.2 Å². The number of benzene rings is 2. The Labute approximate surface area is 212 Å². The summed E-state index contributed by atoms with van der Waals surface area (Å²) in [5.74, 6) is 0.243. The first-order valence-electron chi connectivity index (χ1n) is 12.6. The number of carbonyl (C=O) groups is 1. The number of likely N-dealkylation sites (N-methyl/N-ethyl adjacent to an activating group) is 1. The van der Waals surface area contributed by atoms with Crippen molar-refractivity contribution in [2.24, 2.45) is 0 Å². The largest absolute Gasteiger partial charge is 0.354 e. The summed E-state index contributed by atoms with van der Waals surface area (Å²) >= 11 is 0. The molecular formula is C28H35F2N5O. The zero-order chi connectivity index (χ0) is 25.8. The molecule has 0 spiro atoms. The molecule has 192 valence electrons. The van der Waals surface area contributed by atoms with Gasteiger partial charge >= 0.3 is 0 Å². The van der Waals surface area contributed by atoms with Gasteiger partial charge < -0.3 is 14.7 Å². The smallest absolute Gasteiger partial charge is 0.227 e. The number of nitrogens with zero attached hydrogens (tertiary/aromatic N) is 5. The summed E-state index contributed by atoms with van der Waals surface area (Å²) in [5.41, 5.74) is 3.21. The van der Waals surface area contributed by atoms with Crippen molar-refractivity contribution in [1.29, 1.82) is 0 Å². The fourth-order valence-corrected chi connectivity index (χ4v) is 4.73. The average Bonchev–Trinajstić information content (AvgIpc) is 3.19. The molecule has 1 amide bonds. The van der Waals surface area contributed by atoms with Crippen LogP contribution in [0, 0.1) is 18.6 Å². The molecule has 1 aromatic heterocycles. The Balaban J connectivity index is 1.69. The first-order chi connectivity index (χ1) is 17.3. The molecule has 0 saturated carbocycles. The Morgan fingerprint density at radius 3 is 2.33 bits per heavy atom. The highest BCUT2D eigenvalue weighted by Crippen LogP contribution is 2.30. The number of aryl methyl sites for hydroxylation is 1. The molecule has 0 atom stereocenters. The van der Waals surface area contributed by atoms with Crippen molar-refractivity contribution in [3.05, 3.63) is 77.0 Å². The van der Waals surface area contributed by atoms with Crippen LogP contribution in [0.5, 0.6) is 0 Å². The number of anilines is 1. The third-order valence-corrected chi connectivity index (χ3v) is 6.87. The van der Waals surface area contributed by atoms with Crippen LogP contribution in [0.1, 0.15) is 37.6 Å². The van der Waals surface area contributed by atoms with Crippen molar-refractivity contribution in [3.8, 4) is 5.69 Å². The van der Waals surface area contributed by atoms with E-state index < -0.39 is 0 Å². The lowest BCUT2D eigenvalue weighted by Crippen LogP contribution is -2.47. The summed E-state index contributed by atoms with van der Waals surface area (Å²) in [6.07, 6.45) is 0.194. The van der Waals surface area contributed by atoms with Crippen molar-refractivity contribution >= 4 is 11.7 Å². The molecule has 0 unspecified atom stereocenters. The van der Waals surface area contributed by atoms with E-state index in [0.29, 0.717) is 12.2 Å². The van der Waals surface area contributed by atoms with Crippen LogP contribution in [0.4, 0.5) is 14.6 Å². The molecule has 1 aliphatic rings. The number of hydrogen-bond acceptors (Lipinski definition) is 4. The number of carbonyl (C=O) groups excluding carboxylic acids is 1. The second kappa shape index (κ2) is 11.2. The van der Waals surface area contributed by atoms with Gasteiger partial charge in [0.2, 0.25) is 5.91 Å². The molecule has 3 aromatic rings. The molecule has 1 fully saturated rings. The van der Waals surface area contributed by atoms with Gasteiger partial charge in [0, 0.05) is 37.8 Å². The Hall–Kier alpha value is -3.26. The van der Waals surface area contributed by atoms with E-state index in [0.717, 1.165) is 55.4 Å². The SMILES string of the molecule is CCN1CCN(c2c(CN(C(=O)Cc3ccc(F)cc3)C(C)C)c(C)nn2-c2cccc(F)c2)CC1. The van der Waals surface area contributed by atoms with Crippen molar-refractivity contribution in [1.82, 2.24) is 19.6 Å². The van der Waals surface area contributed by atoms with Gasteiger partial charge in [-0.05, 0) is 63.2 Å². The molecule has 1 saturated heterocycles. The minimum Gasteiger partial charge on any atom is -0.354 e. The highest BCUT2D eigenvalue weighted by Gasteiger charge is 2.28. The third-order valence-electron chi connectivity index (χ3n) is 6.87. The summed E-state index contributed by atoms with van der Waals surface area (Å²) in [6, 6.07) is 12.5. The maximum absolute atomic E-state index is 14.1. The van der Waals surface area contributed by atoms with E-state index in [1.165, 1.54) is 24.3 Å². The minimum atomic E-state index is -0.319. The number of aromatic nitrogens is 2. The zero-order valence-electron chi connectivity index (χ0n) is 21.5. The summed E-state index contributed by atoms with van der Waals surface area (Å²) in [4.78, 5) is 19.9. The summed E-state index contributed by atoms with van der Waals surface area (Å²) in [7, 11) is 0. The van der Waals surface area contributed by atoms with Gasteiger partial charge in [-0.25, -0.2) is 13.5 Å². The zero-order valence-corrected chi connectivity index (χ0v) is 21.5. The molecule has 2 heterocycles. The van der Waals surface area contributed by atoms with Crippen LogP contribution in [0.25, 0.3) is 5.69 Å². The van der Waals surface area contributed by atoms with Crippen molar-refractivity contribution in [2.75, 3.05) is 37.6 Å². The van der Waals surface area contributed by atoms with Gasteiger partial charge in [0.05, 0.1) is 24.3 Å². The molecular weight excluding hydrogens is 460 g/mol. The highest BCUT2D eigenvalue weighted by molar-refractivity contribution is 5.79. The predicted octanol–water partition coefficient (Wildman–Crippen LogP) is 4.58. The highest BCUT2D eigenvalue weighted by atomic mass is 19.1. The second-order valence-electron chi connectivity index (χ2n) is 9.62. The second-order valence-corrected chi connectivity index (χ2v) is 9.62. The molecule has 1 aliphatic heterocycles. The molecule has 2 aromatic carbocycles. The van der Waals surface area contributed by atoms with Crippen LogP contribution in [-0.4, -0.2) is 64.3 Å². The molecule has 36 heavy (non-hydrogen) atoms.